The fraction of sp³-hybridized carbons (Fsp3) is 0.0769. The molecule has 27 heavy (non-hydrogen) atoms. The molecule has 0 spiro atoms. The molecule has 0 amide bonds. The zero-order valence-corrected chi connectivity index (χ0v) is 15.7. The number of rotatable bonds is 4. The van der Waals surface area contributed by atoms with Gasteiger partial charge in [-0.15, -0.1) is 0 Å². The summed E-state index contributed by atoms with van der Waals surface area (Å²) in [5, 5.41) is 0. The Balaban J connectivity index is 0.000000189. The van der Waals surface area contributed by atoms with Crippen molar-refractivity contribution in [3.63, 3.8) is 0 Å². The normalized spacial score (nSPS) is 9.48. The first kappa shape index (κ1) is 20.2. The fourth-order valence-electron chi connectivity index (χ4n) is 2.84. The smallest absolute Gasteiger partial charge is 0.0184 e. The minimum absolute atomic E-state index is 0. The Morgan fingerprint density at radius 1 is 0.333 bits per heavy atom. The summed E-state index contributed by atoms with van der Waals surface area (Å²) < 4.78 is 0. The molecule has 0 unspecified atom stereocenters. The van der Waals surface area contributed by atoms with Crippen LogP contribution in [-0.4, -0.2) is 0 Å². The van der Waals surface area contributed by atoms with Crippen LogP contribution >= 0.6 is 0 Å². The van der Waals surface area contributed by atoms with Crippen molar-refractivity contribution in [3.05, 3.63) is 132 Å². The molecule has 0 aliphatic heterocycles. The van der Waals surface area contributed by atoms with E-state index in [0.29, 0.717) is 0 Å². The summed E-state index contributed by atoms with van der Waals surface area (Å²) in [4.78, 5) is 0. The third-order valence-corrected chi connectivity index (χ3v) is 4.27. The summed E-state index contributed by atoms with van der Waals surface area (Å²) in [5.41, 5.74) is 5.38. The zero-order valence-electron chi connectivity index (χ0n) is 15.7. The van der Waals surface area contributed by atoms with Crippen LogP contribution < -0.4 is 6.15 Å². The molecule has 1 heteroatoms. The van der Waals surface area contributed by atoms with E-state index in [1.165, 1.54) is 22.3 Å². The molecule has 0 aliphatic rings. The maximum Gasteiger partial charge on any atom is -0.0184 e. The van der Waals surface area contributed by atoms with Crippen LogP contribution in [0.15, 0.2) is 121 Å². The molecular formula is C26H27N. The van der Waals surface area contributed by atoms with Gasteiger partial charge in [0.2, 0.25) is 0 Å². The van der Waals surface area contributed by atoms with Gasteiger partial charge in [-0.3, -0.25) is 0 Å². The molecule has 4 rings (SSSR count). The third kappa shape index (κ3) is 6.93. The lowest BCUT2D eigenvalue weighted by Gasteiger charge is -2.01. The number of aryl methyl sites for hydroxylation is 2. The van der Waals surface area contributed by atoms with Crippen LogP contribution in [0.2, 0.25) is 0 Å². The van der Waals surface area contributed by atoms with Gasteiger partial charge in [0, 0.05) is 0 Å². The van der Waals surface area contributed by atoms with Crippen LogP contribution in [0.4, 0.5) is 0 Å². The number of hydrogen-bond acceptors (Lipinski definition) is 1. The van der Waals surface area contributed by atoms with Crippen molar-refractivity contribution in [3.8, 4) is 11.1 Å². The molecule has 0 heterocycles. The SMILES string of the molecule is N.c1ccc(-c2ccccc2)cc1.c1ccc(CCc2ccccc2)cc1. The molecule has 4 aromatic rings. The average Bonchev–Trinajstić information content (AvgIpc) is 2.75. The van der Waals surface area contributed by atoms with E-state index in [4.69, 9.17) is 0 Å². The molecule has 0 bridgehead atoms. The van der Waals surface area contributed by atoms with Crippen molar-refractivity contribution >= 4 is 0 Å². The second kappa shape index (κ2) is 11.5. The van der Waals surface area contributed by atoms with Gasteiger partial charge in [0.15, 0.2) is 0 Å². The maximum atomic E-state index is 2.18. The third-order valence-electron chi connectivity index (χ3n) is 4.27. The molecular weight excluding hydrogens is 326 g/mol. The van der Waals surface area contributed by atoms with E-state index in [0.717, 1.165) is 12.8 Å². The Hall–Kier alpha value is -3.16. The molecule has 0 aliphatic carbocycles. The van der Waals surface area contributed by atoms with Crippen LogP contribution in [0, 0.1) is 0 Å². The molecule has 1 nitrogen and oxygen atoms in total. The predicted molar refractivity (Wildman–Crippen MR) is 117 cm³/mol. The lowest BCUT2D eigenvalue weighted by atomic mass is 10.0. The Labute approximate surface area is 162 Å². The molecule has 3 N–H and O–H groups in total. The summed E-state index contributed by atoms with van der Waals surface area (Å²) in [5.74, 6) is 0. The second-order valence-electron chi connectivity index (χ2n) is 6.20. The van der Waals surface area contributed by atoms with Gasteiger partial charge >= 0.3 is 0 Å². The van der Waals surface area contributed by atoms with E-state index in [-0.39, 0.29) is 6.15 Å². The summed E-state index contributed by atoms with van der Waals surface area (Å²) in [6, 6.07) is 42.0. The standard InChI is InChI=1S/C14H14.C12H10.H3N/c1-3-7-13(8-4-1)11-12-14-9-5-2-6-10-14;1-3-7-11(8-4-1)12-9-5-2-6-10-12;/h1-10H,11-12H2;1-10H;1H3. The van der Waals surface area contributed by atoms with Crippen molar-refractivity contribution in [1.82, 2.24) is 6.15 Å². The Kier molecular flexibility index (Phi) is 8.55. The Bertz CT molecular complexity index is 780. The van der Waals surface area contributed by atoms with Crippen LogP contribution in [0.1, 0.15) is 11.1 Å². The van der Waals surface area contributed by atoms with Gasteiger partial charge in [-0.05, 0) is 35.1 Å². The first-order valence-corrected chi connectivity index (χ1v) is 9.10. The van der Waals surface area contributed by atoms with Crippen molar-refractivity contribution < 1.29 is 0 Å². The molecule has 0 atom stereocenters. The van der Waals surface area contributed by atoms with Crippen molar-refractivity contribution in [2.75, 3.05) is 0 Å². The van der Waals surface area contributed by atoms with E-state index < -0.39 is 0 Å². The molecule has 0 fully saturated rings. The van der Waals surface area contributed by atoms with Gasteiger partial charge < -0.3 is 6.15 Å². The highest BCUT2D eigenvalue weighted by molar-refractivity contribution is 5.62. The number of hydrogen-bond donors (Lipinski definition) is 1. The molecule has 4 aromatic carbocycles. The lowest BCUT2D eigenvalue weighted by Crippen LogP contribution is -1.89. The topological polar surface area (TPSA) is 35.0 Å². The molecule has 0 aromatic heterocycles. The minimum Gasteiger partial charge on any atom is -0.344 e. The van der Waals surface area contributed by atoms with E-state index in [1.807, 2.05) is 12.1 Å². The van der Waals surface area contributed by atoms with Crippen LogP contribution in [0.25, 0.3) is 11.1 Å². The summed E-state index contributed by atoms with van der Waals surface area (Å²) in [7, 11) is 0. The fourth-order valence-corrected chi connectivity index (χ4v) is 2.84. The summed E-state index contributed by atoms with van der Waals surface area (Å²) >= 11 is 0. The predicted octanol–water partition coefficient (Wildman–Crippen LogP) is 6.99. The van der Waals surface area contributed by atoms with Crippen LogP contribution in [-0.2, 0) is 12.8 Å². The maximum absolute atomic E-state index is 2.18. The van der Waals surface area contributed by atoms with Gasteiger partial charge in [-0.2, -0.15) is 0 Å². The van der Waals surface area contributed by atoms with Gasteiger partial charge in [0.1, 0.15) is 0 Å². The highest BCUT2D eigenvalue weighted by Gasteiger charge is 1.93. The quantitative estimate of drug-likeness (QED) is 0.421. The van der Waals surface area contributed by atoms with E-state index in [1.54, 1.807) is 0 Å². The zero-order chi connectivity index (χ0) is 17.9. The highest BCUT2D eigenvalue weighted by atomic mass is 14.0. The minimum atomic E-state index is 0. The molecule has 0 radical (unpaired) electrons. The first-order valence-electron chi connectivity index (χ1n) is 9.10. The van der Waals surface area contributed by atoms with Crippen molar-refractivity contribution in [1.29, 1.82) is 0 Å². The molecule has 136 valence electrons. The summed E-state index contributed by atoms with van der Waals surface area (Å²) in [6.07, 6.45) is 2.26. The van der Waals surface area contributed by atoms with Gasteiger partial charge in [0.05, 0.1) is 0 Å². The van der Waals surface area contributed by atoms with Gasteiger partial charge in [-0.25, -0.2) is 0 Å². The largest absolute Gasteiger partial charge is 0.344 e. The average molecular weight is 354 g/mol. The highest BCUT2D eigenvalue weighted by Crippen LogP contribution is 2.17. The van der Waals surface area contributed by atoms with E-state index in [2.05, 4.69) is 109 Å². The molecule has 0 saturated carbocycles. The Morgan fingerprint density at radius 2 is 0.593 bits per heavy atom. The summed E-state index contributed by atoms with van der Waals surface area (Å²) in [6.45, 7) is 0. The molecule has 0 saturated heterocycles. The van der Waals surface area contributed by atoms with Crippen LogP contribution in [0.3, 0.4) is 0 Å². The van der Waals surface area contributed by atoms with Gasteiger partial charge in [-0.1, -0.05) is 121 Å². The van der Waals surface area contributed by atoms with Gasteiger partial charge in [0.25, 0.3) is 0 Å². The number of benzene rings is 4. The second-order valence-corrected chi connectivity index (χ2v) is 6.20. The van der Waals surface area contributed by atoms with E-state index >= 15 is 0 Å². The van der Waals surface area contributed by atoms with Crippen molar-refractivity contribution in [2.24, 2.45) is 0 Å². The monoisotopic (exact) mass is 353 g/mol. The lowest BCUT2D eigenvalue weighted by molar-refractivity contribution is 0.960. The van der Waals surface area contributed by atoms with Crippen LogP contribution in [0.5, 0.6) is 0 Å². The first-order chi connectivity index (χ1) is 12.9. The van der Waals surface area contributed by atoms with E-state index in [9.17, 15) is 0 Å². The Morgan fingerprint density at radius 3 is 0.889 bits per heavy atom. The van der Waals surface area contributed by atoms with Crippen molar-refractivity contribution in [2.45, 2.75) is 12.8 Å².